The van der Waals surface area contributed by atoms with Crippen molar-refractivity contribution in [2.45, 2.75) is 39.8 Å². The number of hydrogen-bond acceptors (Lipinski definition) is 3. The Labute approximate surface area is 132 Å². The summed E-state index contributed by atoms with van der Waals surface area (Å²) >= 11 is 3.40. The van der Waals surface area contributed by atoms with Crippen molar-refractivity contribution in [3.05, 3.63) is 34.3 Å². The Morgan fingerprint density at radius 3 is 2.76 bits per heavy atom. The van der Waals surface area contributed by atoms with Crippen molar-refractivity contribution in [1.82, 2.24) is 24.9 Å². The number of carbonyl (C=O) groups excluding carboxylic acids is 1. The van der Waals surface area contributed by atoms with Gasteiger partial charge >= 0.3 is 0 Å². The van der Waals surface area contributed by atoms with Crippen molar-refractivity contribution in [1.29, 1.82) is 0 Å². The van der Waals surface area contributed by atoms with E-state index in [4.69, 9.17) is 0 Å². The van der Waals surface area contributed by atoms with E-state index < -0.39 is 0 Å². The largest absolute Gasteiger partial charge is 0.354 e. The smallest absolute Gasteiger partial charge is 0.244 e. The molecule has 7 heteroatoms. The maximum atomic E-state index is 12.1. The molecule has 0 aromatic carbocycles. The number of nitrogens with zero attached hydrogens (tertiary/aromatic N) is 4. The zero-order valence-corrected chi connectivity index (χ0v) is 14.1. The summed E-state index contributed by atoms with van der Waals surface area (Å²) in [6, 6.07) is 1.65. The third-order valence-electron chi connectivity index (χ3n) is 3.27. The minimum Gasteiger partial charge on any atom is -0.354 e. The topological polar surface area (TPSA) is 64.7 Å². The molecule has 0 radical (unpaired) electrons. The average Bonchev–Trinajstić information content (AvgIpc) is 3.00. The molecule has 114 valence electrons. The molecule has 0 fully saturated rings. The summed E-state index contributed by atoms with van der Waals surface area (Å²) in [5, 5.41) is 11.5. The Morgan fingerprint density at radius 2 is 2.19 bits per heavy atom. The molecular weight excluding hydrogens is 334 g/mol. The van der Waals surface area contributed by atoms with Gasteiger partial charge in [0.05, 0.1) is 15.9 Å². The molecule has 0 saturated carbocycles. The Kier molecular flexibility index (Phi) is 5.17. The van der Waals surface area contributed by atoms with Crippen molar-refractivity contribution in [2.75, 3.05) is 6.54 Å². The van der Waals surface area contributed by atoms with Crippen LogP contribution in [-0.4, -0.2) is 32.0 Å². The highest BCUT2D eigenvalue weighted by Gasteiger charge is 2.16. The predicted octanol–water partition coefficient (Wildman–Crippen LogP) is 2.23. The van der Waals surface area contributed by atoms with Gasteiger partial charge in [0.2, 0.25) is 5.91 Å². The summed E-state index contributed by atoms with van der Waals surface area (Å²) in [6.07, 6.45) is 4.62. The summed E-state index contributed by atoms with van der Waals surface area (Å²) in [7, 11) is 0. The van der Waals surface area contributed by atoms with Crippen molar-refractivity contribution >= 4 is 21.8 Å². The molecule has 2 rings (SSSR count). The van der Waals surface area contributed by atoms with Gasteiger partial charge in [-0.2, -0.15) is 10.2 Å². The molecule has 0 aliphatic rings. The maximum absolute atomic E-state index is 12.1. The number of rotatable bonds is 6. The SMILES string of the molecule is Cc1ccn(CCCNC(=O)[C@@H](C)n2cc(Br)c(C)n2)n1. The second-order valence-corrected chi connectivity index (χ2v) is 5.94. The lowest BCUT2D eigenvalue weighted by Crippen LogP contribution is -2.32. The van der Waals surface area contributed by atoms with Gasteiger partial charge in [-0.25, -0.2) is 0 Å². The highest BCUT2D eigenvalue weighted by molar-refractivity contribution is 9.10. The van der Waals surface area contributed by atoms with Gasteiger partial charge in [0.1, 0.15) is 6.04 Å². The van der Waals surface area contributed by atoms with Crippen LogP contribution in [-0.2, 0) is 11.3 Å². The van der Waals surface area contributed by atoms with Gasteiger partial charge in [-0.3, -0.25) is 14.2 Å². The van der Waals surface area contributed by atoms with E-state index >= 15 is 0 Å². The maximum Gasteiger partial charge on any atom is 0.244 e. The van der Waals surface area contributed by atoms with Gasteiger partial charge in [-0.05, 0) is 49.2 Å². The van der Waals surface area contributed by atoms with E-state index in [1.165, 1.54) is 0 Å². The van der Waals surface area contributed by atoms with Gasteiger partial charge in [-0.1, -0.05) is 0 Å². The van der Waals surface area contributed by atoms with E-state index in [1.807, 2.05) is 43.9 Å². The second kappa shape index (κ2) is 6.89. The molecule has 2 aromatic heterocycles. The van der Waals surface area contributed by atoms with Crippen LogP contribution in [0.2, 0.25) is 0 Å². The van der Waals surface area contributed by atoms with Crippen LogP contribution in [0.5, 0.6) is 0 Å². The number of hydrogen-bond donors (Lipinski definition) is 1. The third kappa shape index (κ3) is 4.17. The fourth-order valence-electron chi connectivity index (χ4n) is 1.97. The molecule has 0 aliphatic carbocycles. The molecule has 0 spiro atoms. The van der Waals surface area contributed by atoms with Gasteiger partial charge in [0.25, 0.3) is 0 Å². The number of aryl methyl sites for hydroxylation is 3. The van der Waals surface area contributed by atoms with Crippen molar-refractivity contribution < 1.29 is 4.79 Å². The summed E-state index contributed by atoms with van der Waals surface area (Å²) in [4.78, 5) is 12.1. The first-order valence-corrected chi connectivity index (χ1v) is 7.75. The highest BCUT2D eigenvalue weighted by atomic mass is 79.9. The summed E-state index contributed by atoms with van der Waals surface area (Å²) in [6.45, 7) is 7.13. The van der Waals surface area contributed by atoms with Gasteiger partial charge in [-0.15, -0.1) is 0 Å². The average molecular weight is 354 g/mol. The minimum atomic E-state index is -0.318. The number of amides is 1. The Morgan fingerprint density at radius 1 is 1.43 bits per heavy atom. The monoisotopic (exact) mass is 353 g/mol. The molecule has 2 heterocycles. The molecule has 21 heavy (non-hydrogen) atoms. The highest BCUT2D eigenvalue weighted by Crippen LogP contribution is 2.16. The quantitative estimate of drug-likeness (QED) is 0.809. The molecule has 0 aliphatic heterocycles. The minimum absolute atomic E-state index is 0.0263. The molecule has 1 atom stereocenters. The standard InChI is InChI=1S/C14H20BrN5O/c1-10-5-8-19(17-10)7-4-6-16-14(21)12(3)20-9-13(15)11(2)18-20/h5,8-9,12H,4,6-7H2,1-3H3,(H,16,21)/t12-/m1/s1. The first-order valence-electron chi connectivity index (χ1n) is 6.96. The van der Waals surface area contributed by atoms with E-state index in [0.717, 1.165) is 28.8 Å². The summed E-state index contributed by atoms with van der Waals surface area (Å²) in [5.41, 5.74) is 1.89. The van der Waals surface area contributed by atoms with Gasteiger partial charge < -0.3 is 5.32 Å². The Balaban J connectivity index is 1.76. The number of halogens is 1. The zero-order valence-electron chi connectivity index (χ0n) is 12.5. The molecule has 6 nitrogen and oxygen atoms in total. The van der Waals surface area contributed by atoms with Gasteiger partial charge in [0, 0.05) is 25.5 Å². The molecule has 1 N–H and O–H groups in total. The van der Waals surface area contributed by atoms with Crippen LogP contribution in [0.3, 0.4) is 0 Å². The van der Waals surface area contributed by atoms with Crippen molar-refractivity contribution in [3.8, 4) is 0 Å². The normalized spacial score (nSPS) is 12.4. The fourth-order valence-corrected chi connectivity index (χ4v) is 2.26. The third-order valence-corrected chi connectivity index (χ3v) is 4.05. The predicted molar refractivity (Wildman–Crippen MR) is 84.0 cm³/mol. The Hall–Kier alpha value is -1.63. The first-order chi connectivity index (χ1) is 9.97. The zero-order chi connectivity index (χ0) is 15.4. The second-order valence-electron chi connectivity index (χ2n) is 5.08. The van der Waals surface area contributed by atoms with Crippen LogP contribution in [0, 0.1) is 13.8 Å². The lowest BCUT2D eigenvalue weighted by atomic mass is 10.3. The molecular formula is C14H20BrN5O. The lowest BCUT2D eigenvalue weighted by Gasteiger charge is -2.12. The van der Waals surface area contributed by atoms with Gasteiger partial charge in [0.15, 0.2) is 0 Å². The number of nitrogens with one attached hydrogen (secondary N) is 1. The van der Waals surface area contributed by atoms with Crippen LogP contribution < -0.4 is 5.32 Å². The van der Waals surface area contributed by atoms with Crippen LogP contribution in [0.1, 0.15) is 30.8 Å². The number of carbonyl (C=O) groups is 1. The van der Waals surface area contributed by atoms with E-state index in [1.54, 1.807) is 4.68 Å². The summed E-state index contributed by atoms with van der Waals surface area (Å²) < 4.78 is 4.47. The van der Waals surface area contributed by atoms with Crippen LogP contribution >= 0.6 is 15.9 Å². The van der Waals surface area contributed by atoms with Crippen LogP contribution in [0.25, 0.3) is 0 Å². The fraction of sp³-hybridized carbons (Fsp3) is 0.500. The van der Waals surface area contributed by atoms with E-state index in [2.05, 4.69) is 31.4 Å². The molecule has 0 unspecified atom stereocenters. The van der Waals surface area contributed by atoms with E-state index in [9.17, 15) is 4.79 Å². The molecule has 1 amide bonds. The molecule has 2 aromatic rings. The molecule has 0 saturated heterocycles. The first kappa shape index (κ1) is 15.8. The van der Waals surface area contributed by atoms with Crippen LogP contribution in [0.4, 0.5) is 0 Å². The van der Waals surface area contributed by atoms with Crippen molar-refractivity contribution in [2.24, 2.45) is 0 Å². The number of aromatic nitrogens is 4. The van der Waals surface area contributed by atoms with E-state index in [0.29, 0.717) is 6.54 Å². The Bertz CT molecular complexity index is 599. The molecule has 0 bridgehead atoms. The summed E-state index contributed by atoms with van der Waals surface area (Å²) in [5.74, 6) is -0.0263. The van der Waals surface area contributed by atoms with E-state index in [-0.39, 0.29) is 11.9 Å². The lowest BCUT2D eigenvalue weighted by molar-refractivity contribution is -0.124. The van der Waals surface area contributed by atoms with Crippen molar-refractivity contribution in [3.63, 3.8) is 0 Å². The van der Waals surface area contributed by atoms with Crippen LogP contribution in [0.15, 0.2) is 22.9 Å².